The Morgan fingerprint density at radius 3 is 1.66 bits per heavy atom. The number of aryl methyl sites for hydroxylation is 6. The molecule has 8 rings (SSSR count). The van der Waals surface area contributed by atoms with Crippen molar-refractivity contribution in [2.75, 3.05) is 13.2 Å². The summed E-state index contributed by atoms with van der Waals surface area (Å²) in [6.07, 6.45) is 6.36. The van der Waals surface area contributed by atoms with Crippen molar-refractivity contribution in [1.82, 2.24) is 19.9 Å². The second-order valence-electron chi connectivity index (χ2n) is 15.7. The number of nitrogens with zero attached hydrogens (tertiary/aromatic N) is 2. The van der Waals surface area contributed by atoms with Gasteiger partial charge in [-0.2, -0.15) is 0 Å². The van der Waals surface area contributed by atoms with Gasteiger partial charge in [0.2, 0.25) is 0 Å². The Morgan fingerprint density at radius 2 is 1.18 bits per heavy atom. The molecule has 6 heterocycles. The number of hydrogen-bond donors (Lipinski definition) is 4. The van der Waals surface area contributed by atoms with Crippen molar-refractivity contribution in [3.63, 3.8) is 0 Å². The molecule has 62 heavy (non-hydrogen) atoms. The monoisotopic (exact) mass is 900 g/mol. The number of carbonyl (C=O) groups is 2. The van der Waals surface area contributed by atoms with Crippen LogP contribution in [0.4, 0.5) is 0 Å². The van der Waals surface area contributed by atoms with Gasteiger partial charge >= 0.3 is 7.12 Å². The van der Waals surface area contributed by atoms with E-state index in [4.69, 9.17) is 19.5 Å². The Balaban J connectivity index is 0.000000173. The smallest absolute Gasteiger partial charge is 0.490 e. The van der Waals surface area contributed by atoms with E-state index in [1.807, 2.05) is 90.2 Å². The number of rotatable bonds is 10. The van der Waals surface area contributed by atoms with Crippen molar-refractivity contribution < 1.29 is 29.1 Å². The van der Waals surface area contributed by atoms with Crippen LogP contribution >= 0.6 is 15.9 Å². The van der Waals surface area contributed by atoms with Crippen LogP contribution in [0.15, 0.2) is 87.1 Å². The normalized spacial score (nSPS) is 12.1. The lowest BCUT2D eigenvalue weighted by atomic mass is 9.82. The molecule has 4 N–H and O–H groups in total. The Kier molecular flexibility index (Phi) is 14.9. The molecule has 0 radical (unpaired) electrons. The third-order valence-electron chi connectivity index (χ3n) is 10.8. The lowest BCUT2D eigenvalue weighted by molar-refractivity contribution is 0.0974. The molecule has 0 fully saturated rings. The van der Waals surface area contributed by atoms with Crippen LogP contribution in [0.3, 0.4) is 0 Å². The fourth-order valence-corrected chi connectivity index (χ4v) is 8.13. The first-order chi connectivity index (χ1) is 29.6. The number of Topliss-reactive ketones (excluding diaryl/α,β-unsaturated/α-hetero) is 2. The van der Waals surface area contributed by atoms with Crippen LogP contribution in [0.5, 0.6) is 11.5 Å². The van der Waals surface area contributed by atoms with E-state index in [2.05, 4.69) is 35.9 Å². The minimum absolute atomic E-state index is 0.0281. The van der Waals surface area contributed by atoms with E-state index < -0.39 is 7.12 Å². The highest BCUT2D eigenvalue weighted by Gasteiger charge is 2.23. The summed E-state index contributed by atoms with van der Waals surface area (Å²) in [6, 6.07) is 18.7. The molecule has 2 aliphatic heterocycles. The fraction of sp³-hybridized carbons (Fsp3) is 0.292. The minimum atomic E-state index is -1.41. The van der Waals surface area contributed by atoms with Gasteiger partial charge in [0.25, 0.3) is 11.1 Å². The fourth-order valence-electron chi connectivity index (χ4n) is 7.51. The van der Waals surface area contributed by atoms with Gasteiger partial charge in [-0.15, -0.1) is 0 Å². The number of hydrogen-bond acceptors (Lipinski definition) is 10. The summed E-state index contributed by atoms with van der Waals surface area (Å²) >= 11 is 3.46. The molecule has 320 valence electrons. The molecule has 0 unspecified atom stereocenters. The first-order valence-corrected chi connectivity index (χ1v) is 21.3. The van der Waals surface area contributed by atoms with Crippen molar-refractivity contribution >= 4 is 40.1 Å². The summed E-state index contributed by atoms with van der Waals surface area (Å²) in [6.45, 7) is 12.6. The lowest BCUT2D eigenvalue weighted by Gasteiger charge is -2.12. The Morgan fingerprint density at radius 1 is 0.677 bits per heavy atom. The number of ether oxygens (including phenoxy) is 2. The zero-order valence-electron chi connectivity index (χ0n) is 35.8. The molecular weight excluding hydrogens is 851 g/mol. The summed E-state index contributed by atoms with van der Waals surface area (Å²) in [5.41, 5.74) is 12.2. The summed E-state index contributed by atoms with van der Waals surface area (Å²) in [5.74, 6) is 1.76. The lowest BCUT2D eigenvalue weighted by Crippen LogP contribution is -2.29. The van der Waals surface area contributed by atoms with E-state index in [1.54, 1.807) is 18.2 Å². The van der Waals surface area contributed by atoms with E-state index in [9.17, 15) is 19.2 Å². The molecule has 0 amide bonds. The highest BCUT2D eigenvalue weighted by Crippen LogP contribution is 2.38. The van der Waals surface area contributed by atoms with Gasteiger partial charge in [-0.3, -0.25) is 29.1 Å². The molecule has 0 saturated heterocycles. The number of pyridine rings is 4. The van der Waals surface area contributed by atoms with Crippen molar-refractivity contribution in [2.45, 2.75) is 80.1 Å². The van der Waals surface area contributed by atoms with Crippen LogP contribution in [0.1, 0.15) is 89.7 Å². The van der Waals surface area contributed by atoms with Crippen LogP contribution in [0, 0.1) is 41.5 Å². The first-order valence-electron chi connectivity index (χ1n) is 20.5. The SMILES string of the molecule is Cc1cc(C)c(CCC(=O)c2cc(Br)c3c(c2)CCO3)c(=O)[nH]1.Cc1ccc(-c2cc(C(=O)CCc3c(C)cc(C)[nH]c3=O)cc3c2OCC3)cn1.Cc1ccc(B(O)O)cn1. The number of aromatic nitrogens is 4. The van der Waals surface area contributed by atoms with Gasteiger partial charge in [-0.25, -0.2) is 0 Å². The molecule has 0 bridgehead atoms. The van der Waals surface area contributed by atoms with Gasteiger partial charge in [0.15, 0.2) is 11.6 Å². The average Bonchev–Trinajstić information content (AvgIpc) is 3.91. The molecule has 0 aliphatic carbocycles. The van der Waals surface area contributed by atoms with Gasteiger partial charge < -0.3 is 29.5 Å². The van der Waals surface area contributed by atoms with Crippen molar-refractivity contribution in [2.24, 2.45) is 0 Å². The molecule has 4 aromatic heterocycles. The topological polar surface area (TPSA) is 185 Å². The van der Waals surface area contributed by atoms with Crippen LogP contribution in [-0.4, -0.2) is 61.9 Å². The molecule has 2 aliphatic rings. The van der Waals surface area contributed by atoms with Crippen LogP contribution in [0.25, 0.3) is 11.1 Å². The van der Waals surface area contributed by atoms with Crippen molar-refractivity contribution in [3.8, 4) is 22.6 Å². The second kappa shape index (κ2) is 20.3. The quantitative estimate of drug-likeness (QED) is 0.0854. The highest BCUT2D eigenvalue weighted by molar-refractivity contribution is 9.10. The summed E-state index contributed by atoms with van der Waals surface area (Å²) < 4.78 is 12.2. The number of ketones is 2. The molecule has 12 nitrogen and oxygen atoms in total. The predicted molar refractivity (Wildman–Crippen MR) is 244 cm³/mol. The number of fused-ring (bicyclic) bond motifs is 2. The van der Waals surface area contributed by atoms with Gasteiger partial charge in [0, 0.05) is 99.7 Å². The van der Waals surface area contributed by atoms with E-state index in [-0.39, 0.29) is 29.1 Å². The van der Waals surface area contributed by atoms with E-state index in [0.717, 1.165) is 85.0 Å². The standard InChI is InChI=1S/C24H24N2O3.C18H18BrNO3.C6H8BNO2/c1-14-10-16(3)26-24(28)20(14)6-7-22(27)19-11-17-8-9-29-23(17)21(12-19)18-5-4-15(2)25-13-18;1-10-7-11(2)20-18(22)14(10)3-4-16(21)13-8-12-5-6-23-17(12)15(19)9-13;1-5-2-3-6(4-8-5)7(9)10/h4-5,10-13H,6-9H2,1-3H3,(H,26,28);7-9H,3-6H2,1-2H3,(H,20,22);2-4,9-10H,1H3. The van der Waals surface area contributed by atoms with Gasteiger partial charge in [0.05, 0.1) is 17.7 Å². The molecule has 14 heteroatoms. The molecule has 2 aromatic carbocycles. The maximum Gasteiger partial charge on any atom is 0.490 e. The van der Waals surface area contributed by atoms with Crippen LogP contribution < -0.4 is 26.1 Å². The molecule has 0 saturated carbocycles. The first kappa shape index (κ1) is 45.6. The minimum Gasteiger partial charge on any atom is -0.492 e. The zero-order valence-corrected chi connectivity index (χ0v) is 37.4. The third-order valence-corrected chi connectivity index (χ3v) is 11.4. The largest absolute Gasteiger partial charge is 0.492 e. The Hall–Kier alpha value is -5.96. The number of H-pyrrole nitrogens is 2. The van der Waals surface area contributed by atoms with E-state index in [0.29, 0.717) is 60.2 Å². The Labute approximate surface area is 369 Å². The number of benzene rings is 2. The van der Waals surface area contributed by atoms with Crippen LogP contribution in [0.2, 0.25) is 0 Å². The Bertz CT molecular complexity index is 2730. The van der Waals surface area contributed by atoms with Gasteiger partial charge in [-0.1, -0.05) is 12.1 Å². The summed E-state index contributed by atoms with van der Waals surface area (Å²) in [4.78, 5) is 63.6. The molecule has 6 aromatic rings. The maximum atomic E-state index is 13.0. The second-order valence-corrected chi connectivity index (χ2v) is 16.5. The number of nitrogens with one attached hydrogen (secondary N) is 2. The predicted octanol–water partition coefficient (Wildman–Crippen LogP) is 6.69. The van der Waals surface area contributed by atoms with E-state index in [1.165, 1.54) is 6.20 Å². The van der Waals surface area contributed by atoms with Crippen molar-refractivity contribution in [1.29, 1.82) is 0 Å². The van der Waals surface area contributed by atoms with E-state index >= 15 is 0 Å². The highest BCUT2D eigenvalue weighted by atomic mass is 79.9. The molecule has 0 atom stereocenters. The summed E-state index contributed by atoms with van der Waals surface area (Å²) in [7, 11) is -1.41. The van der Waals surface area contributed by atoms with Gasteiger partial charge in [-0.05, 0) is 141 Å². The number of aromatic amines is 2. The summed E-state index contributed by atoms with van der Waals surface area (Å²) in [5, 5.41) is 17.3. The third kappa shape index (κ3) is 11.3. The maximum absolute atomic E-state index is 13.0. The molecular formula is C48H50BBrN4O8. The number of halogens is 1. The average molecular weight is 902 g/mol. The zero-order chi connectivity index (χ0) is 44.7. The van der Waals surface area contributed by atoms with Crippen molar-refractivity contribution in [3.05, 3.63) is 166 Å². The van der Waals surface area contributed by atoms with Gasteiger partial charge in [0.1, 0.15) is 11.5 Å². The van der Waals surface area contributed by atoms with Crippen LogP contribution in [-0.2, 0) is 25.7 Å². The molecule has 0 spiro atoms. The number of carbonyl (C=O) groups excluding carboxylic acids is 2.